The molecule has 0 spiro atoms. The summed E-state index contributed by atoms with van der Waals surface area (Å²) >= 11 is 5.07. The summed E-state index contributed by atoms with van der Waals surface area (Å²) in [7, 11) is 0. The van der Waals surface area contributed by atoms with E-state index in [-0.39, 0.29) is 0 Å². The first kappa shape index (κ1) is 24.0. The minimum Gasteiger partial charge on any atom is -0.284 e. The van der Waals surface area contributed by atoms with Crippen molar-refractivity contribution in [2.24, 2.45) is 5.10 Å². The zero-order valence-electron chi connectivity index (χ0n) is 20.1. The summed E-state index contributed by atoms with van der Waals surface area (Å²) < 4.78 is 3.13. The number of nitrogens with zero attached hydrogens (tertiary/aromatic N) is 5. The Bertz CT molecular complexity index is 1730. The highest BCUT2D eigenvalue weighted by Gasteiger charge is 2.14. The molecule has 4 aromatic carbocycles. The zero-order valence-corrected chi connectivity index (χ0v) is 22.5. The molecule has 6 rings (SSSR count). The van der Waals surface area contributed by atoms with E-state index in [4.69, 9.17) is 10.1 Å². The molecule has 0 aliphatic rings. The van der Waals surface area contributed by atoms with Crippen molar-refractivity contribution in [2.75, 3.05) is 5.43 Å². The Labute approximate surface area is 232 Å². The maximum atomic E-state index is 4.82. The van der Waals surface area contributed by atoms with Crippen molar-refractivity contribution in [3.8, 4) is 39.5 Å². The van der Waals surface area contributed by atoms with Gasteiger partial charge in [0.05, 0.1) is 5.69 Å². The van der Waals surface area contributed by atoms with E-state index in [1.807, 2.05) is 91.0 Å². The maximum Gasteiger partial charge on any atom is 0.263 e. The van der Waals surface area contributed by atoms with Gasteiger partial charge in [0.25, 0.3) is 5.95 Å². The van der Waals surface area contributed by atoms with Crippen molar-refractivity contribution in [1.29, 1.82) is 0 Å². The lowest BCUT2D eigenvalue weighted by molar-refractivity contribution is 0.942. The van der Waals surface area contributed by atoms with Gasteiger partial charge >= 0.3 is 0 Å². The Morgan fingerprint density at radius 2 is 1.24 bits per heavy atom. The van der Waals surface area contributed by atoms with Crippen LogP contribution in [0.4, 0.5) is 5.95 Å². The molecule has 184 valence electrons. The number of halogens is 1. The van der Waals surface area contributed by atoms with Crippen molar-refractivity contribution in [3.05, 3.63) is 130 Å². The van der Waals surface area contributed by atoms with Crippen LogP contribution in [0.25, 0.3) is 39.5 Å². The second kappa shape index (κ2) is 10.9. The zero-order chi connectivity index (χ0) is 25.7. The molecule has 1 N–H and O–H groups in total. The van der Waals surface area contributed by atoms with E-state index in [2.05, 4.69) is 65.8 Å². The molecule has 2 heterocycles. The van der Waals surface area contributed by atoms with Gasteiger partial charge in [-0.25, -0.2) is 10.4 Å². The highest BCUT2D eigenvalue weighted by Crippen LogP contribution is 2.29. The van der Waals surface area contributed by atoms with Gasteiger partial charge in [-0.05, 0) is 29.8 Å². The summed E-state index contributed by atoms with van der Waals surface area (Å²) in [5, 5.41) is 15.7. The number of hydrogen-bond donors (Lipinski definition) is 1. The molecule has 2 aromatic heterocycles. The number of nitrogens with one attached hydrogen (secondary N) is 1. The van der Waals surface area contributed by atoms with Crippen LogP contribution in [0.5, 0.6) is 0 Å². The number of aromatic nitrogens is 4. The minimum absolute atomic E-state index is 0.320. The van der Waals surface area contributed by atoms with Gasteiger partial charge in [0, 0.05) is 26.7 Å². The van der Waals surface area contributed by atoms with E-state index >= 15 is 0 Å². The largest absolute Gasteiger partial charge is 0.284 e. The fourth-order valence-corrected chi connectivity index (χ4v) is 5.23. The summed E-state index contributed by atoms with van der Waals surface area (Å²) in [6.07, 6.45) is 0. The van der Waals surface area contributed by atoms with Crippen LogP contribution < -0.4 is 10.2 Å². The van der Waals surface area contributed by atoms with Crippen LogP contribution in [-0.4, -0.2) is 19.7 Å². The predicted molar refractivity (Wildman–Crippen MR) is 157 cm³/mol. The molecule has 0 amide bonds. The van der Waals surface area contributed by atoms with E-state index in [0.717, 1.165) is 48.7 Å². The molecule has 0 aliphatic heterocycles. The van der Waals surface area contributed by atoms with E-state index < -0.39 is 0 Å². The quantitative estimate of drug-likeness (QED) is 0.209. The molecular formula is C30H21BrN6S. The predicted octanol–water partition coefficient (Wildman–Crippen LogP) is 7.42. The van der Waals surface area contributed by atoms with Crippen LogP contribution in [0.1, 0.15) is 0 Å². The van der Waals surface area contributed by atoms with Gasteiger partial charge < -0.3 is 0 Å². The summed E-state index contributed by atoms with van der Waals surface area (Å²) in [4.78, 5) is 5.58. The smallest absolute Gasteiger partial charge is 0.263 e. The standard InChI is InChI=1S/C30H21BrN6S/c31-24-16-18-25(19-17-24)37-26(21-10-4-1-5-11-21)20-38-30(37)36-35-29-32-27(22-12-6-2-7-13-22)28(33-34-29)23-14-8-3-9-15-23/h1-20H,(H,32,34,35). The molecule has 0 aliphatic carbocycles. The minimum atomic E-state index is 0.320. The average molecular weight is 578 g/mol. The van der Waals surface area contributed by atoms with E-state index in [1.165, 1.54) is 11.3 Å². The maximum absolute atomic E-state index is 4.82. The molecule has 0 unspecified atom stereocenters. The normalized spacial score (nSPS) is 11.4. The van der Waals surface area contributed by atoms with Gasteiger partial charge in [0.15, 0.2) is 0 Å². The Hall–Kier alpha value is -4.40. The number of benzene rings is 4. The van der Waals surface area contributed by atoms with Gasteiger partial charge in [-0.15, -0.1) is 26.6 Å². The third-order valence-corrected chi connectivity index (χ3v) is 7.25. The van der Waals surface area contributed by atoms with Crippen molar-refractivity contribution in [3.63, 3.8) is 0 Å². The fourth-order valence-electron chi connectivity index (χ4n) is 4.10. The van der Waals surface area contributed by atoms with Crippen LogP contribution in [0, 0.1) is 0 Å². The second-order valence-corrected chi connectivity index (χ2v) is 10.1. The molecule has 6 aromatic rings. The Morgan fingerprint density at radius 3 is 1.87 bits per heavy atom. The van der Waals surface area contributed by atoms with Crippen molar-refractivity contribution < 1.29 is 0 Å². The monoisotopic (exact) mass is 576 g/mol. The third-order valence-electron chi connectivity index (χ3n) is 5.90. The molecule has 0 bridgehead atoms. The molecule has 6 nitrogen and oxygen atoms in total. The Balaban J connectivity index is 1.43. The Morgan fingerprint density at radius 1 is 0.658 bits per heavy atom. The van der Waals surface area contributed by atoms with Gasteiger partial charge in [-0.3, -0.25) is 4.57 Å². The third kappa shape index (κ3) is 5.04. The number of anilines is 1. The number of thiazole rings is 1. The summed E-state index contributed by atoms with van der Waals surface area (Å²) in [6, 6.07) is 38.4. The van der Waals surface area contributed by atoms with Gasteiger partial charge in [0.1, 0.15) is 11.4 Å². The van der Waals surface area contributed by atoms with Gasteiger partial charge in [-0.2, -0.15) is 0 Å². The molecule has 38 heavy (non-hydrogen) atoms. The number of hydrogen-bond acceptors (Lipinski definition) is 6. The summed E-state index contributed by atoms with van der Waals surface area (Å²) in [6.45, 7) is 0. The first-order valence-corrected chi connectivity index (χ1v) is 13.6. The van der Waals surface area contributed by atoms with Crippen LogP contribution in [0.2, 0.25) is 0 Å². The molecule has 0 radical (unpaired) electrons. The van der Waals surface area contributed by atoms with Crippen LogP contribution in [0.3, 0.4) is 0 Å². The van der Waals surface area contributed by atoms with E-state index in [0.29, 0.717) is 5.95 Å². The van der Waals surface area contributed by atoms with Crippen LogP contribution in [-0.2, 0) is 0 Å². The first-order chi connectivity index (χ1) is 18.8. The van der Waals surface area contributed by atoms with Crippen LogP contribution in [0.15, 0.2) is 130 Å². The highest BCUT2D eigenvalue weighted by molar-refractivity contribution is 9.10. The lowest BCUT2D eigenvalue weighted by Crippen LogP contribution is -2.16. The average Bonchev–Trinajstić information content (AvgIpc) is 3.42. The van der Waals surface area contributed by atoms with Gasteiger partial charge in [-0.1, -0.05) is 107 Å². The van der Waals surface area contributed by atoms with E-state index in [9.17, 15) is 0 Å². The number of rotatable bonds is 6. The summed E-state index contributed by atoms with van der Waals surface area (Å²) in [5.41, 5.74) is 9.56. The lowest BCUT2D eigenvalue weighted by atomic mass is 10.0. The van der Waals surface area contributed by atoms with Crippen molar-refractivity contribution >= 4 is 33.2 Å². The summed E-state index contributed by atoms with van der Waals surface area (Å²) in [5.74, 6) is 0.320. The van der Waals surface area contributed by atoms with Gasteiger partial charge in [0.2, 0.25) is 4.80 Å². The molecule has 0 fully saturated rings. The molecule has 8 heteroatoms. The highest BCUT2D eigenvalue weighted by atomic mass is 79.9. The van der Waals surface area contributed by atoms with Crippen molar-refractivity contribution in [1.82, 2.24) is 19.7 Å². The second-order valence-electron chi connectivity index (χ2n) is 8.37. The van der Waals surface area contributed by atoms with E-state index in [1.54, 1.807) is 0 Å². The van der Waals surface area contributed by atoms with Crippen molar-refractivity contribution in [2.45, 2.75) is 0 Å². The molecule has 0 saturated heterocycles. The fraction of sp³-hybridized carbons (Fsp3) is 0. The molecule has 0 saturated carbocycles. The lowest BCUT2D eigenvalue weighted by Gasteiger charge is -2.10. The molecule has 0 atom stereocenters. The Kier molecular flexibility index (Phi) is 6.89. The molecular weight excluding hydrogens is 556 g/mol. The SMILES string of the molecule is Brc1ccc(-n2c(-c3ccccc3)csc2=NNc2nnc(-c3ccccc3)c(-c3ccccc3)n2)cc1. The van der Waals surface area contributed by atoms with Crippen LogP contribution >= 0.6 is 27.3 Å². The topological polar surface area (TPSA) is 68.0 Å². The first-order valence-electron chi connectivity index (χ1n) is 11.9.